The minimum atomic E-state index is -2.86. The predicted octanol–water partition coefficient (Wildman–Crippen LogP) is 3.03. The van der Waals surface area contributed by atoms with Gasteiger partial charge >= 0.3 is 0 Å². The molecule has 1 fully saturated rings. The normalized spacial score (nSPS) is 24.2. The second-order valence-corrected chi connectivity index (χ2v) is 10.3. The van der Waals surface area contributed by atoms with Crippen LogP contribution in [0.4, 0.5) is 5.69 Å². The van der Waals surface area contributed by atoms with Crippen molar-refractivity contribution in [1.82, 2.24) is 10.3 Å². The van der Waals surface area contributed by atoms with Gasteiger partial charge in [-0.1, -0.05) is 30.3 Å². The summed E-state index contributed by atoms with van der Waals surface area (Å²) in [5, 5.41) is 5.06. The molecule has 0 amide bonds. The zero-order valence-corrected chi connectivity index (χ0v) is 16.8. The van der Waals surface area contributed by atoms with Gasteiger partial charge in [-0.2, -0.15) is 0 Å². The standard InChI is InChI=1S/C22H25N3O2S/c1-15-14-19-18-4-2-3-5-20(18)24-22(19)21(23-15)16-6-8-17(9-7-16)25-10-12-28(26,27)13-11-25/h2-9,15,21,23-24H,10-14H2,1H3/t15-,21-/m0/s1. The summed E-state index contributed by atoms with van der Waals surface area (Å²) in [5.74, 6) is 0.490. The molecule has 0 aliphatic carbocycles. The van der Waals surface area contributed by atoms with Gasteiger partial charge in [-0.3, -0.25) is 0 Å². The van der Waals surface area contributed by atoms with Gasteiger partial charge in [0.25, 0.3) is 0 Å². The molecule has 0 bridgehead atoms. The molecule has 2 N–H and O–H groups in total. The number of nitrogens with zero attached hydrogens (tertiary/aromatic N) is 1. The molecular weight excluding hydrogens is 370 g/mol. The molecule has 5 nitrogen and oxygen atoms in total. The second-order valence-electron chi connectivity index (χ2n) is 8.00. The number of hydrogen-bond acceptors (Lipinski definition) is 4. The molecule has 3 aromatic rings. The number of H-pyrrole nitrogens is 1. The number of aromatic amines is 1. The van der Waals surface area contributed by atoms with Gasteiger partial charge in [-0.25, -0.2) is 8.42 Å². The van der Waals surface area contributed by atoms with E-state index in [9.17, 15) is 8.42 Å². The van der Waals surface area contributed by atoms with E-state index in [1.165, 1.54) is 27.7 Å². The minimum Gasteiger partial charge on any atom is -0.369 e. The molecule has 28 heavy (non-hydrogen) atoms. The summed E-state index contributed by atoms with van der Waals surface area (Å²) in [6, 6.07) is 17.6. The summed E-state index contributed by atoms with van der Waals surface area (Å²) in [7, 11) is -2.86. The summed E-state index contributed by atoms with van der Waals surface area (Å²) in [5.41, 5.74) is 6.19. The highest BCUT2D eigenvalue weighted by Gasteiger charge is 2.29. The van der Waals surface area contributed by atoms with Gasteiger partial charge in [0.05, 0.1) is 17.5 Å². The molecule has 2 atom stereocenters. The van der Waals surface area contributed by atoms with Crippen molar-refractivity contribution < 1.29 is 8.42 Å². The van der Waals surface area contributed by atoms with Crippen LogP contribution in [0.25, 0.3) is 10.9 Å². The van der Waals surface area contributed by atoms with Gasteiger partial charge in [0.1, 0.15) is 0 Å². The Balaban J connectivity index is 1.45. The van der Waals surface area contributed by atoms with E-state index < -0.39 is 9.84 Å². The van der Waals surface area contributed by atoms with Gasteiger partial charge in [0.2, 0.25) is 0 Å². The Morgan fingerprint density at radius 3 is 2.46 bits per heavy atom. The molecule has 2 aliphatic heterocycles. The maximum atomic E-state index is 11.7. The van der Waals surface area contributed by atoms with E-state index in [4.69, 9.17) is 0 Å². The molecule has 0 spiro atoms. The molecule has 2 aliphatic rings. The third-order valence-corrected chi connectivity index (χ3v) is 7.64. The number of benzene rings is 2. The van der Waals surface area contributed by atoms with Gasteiger partial charge in [0, 0.05) is 41.4 Å². The van der Waals surface area contributed by atoms with E-state index in [1.807, 2.05) is 0 Å². The first-order valence-electron chi connectivity index (χ1n) is 9.91. The van der Waals surface area contributed by atoms with Crippen molar-refractivity contribution in [2.45, 2.75) is 25.4 Å². The van der Waals surface area contributed by atoms with Crippen LogP contribution in [0.5, 0.6) is 0 Å². The van der Waals surface area contributed by atoms with Crippen LogP contribution < -0.4 is 10.2 Å². The molecule has 2 aromatic carbocycles. The lowest BCUT2D eigenvalue weighted by molar-refractivity contribution is 0.460. The highest BCUT2D eigenvalue weighted by molar-refractivity contribution is 7.91. The lowest BCUT2D eigenvalue weighted by atomic mass is 9.91. The highest BCUT2D eigenvalue weighted by Crippen LogP contribution is 2.35. The smallest absolute Gasteiger partial charge is 0.153 e. The van der Waals surface area contributed by atoms with E-state index in [-0.39, 0.29) is 17.5 Å². The summed E-state index contributed by atoms with van der Waals surface area (Å²) >= 11 is 0. The lowest BCUT2D eigenvalue weighted by Crippen LogP contribution is -2.40. The number of rotatable bonds is 2. The molecule has 3 heterocycles. The third kappa shape index (κ3) is 3.10. The largest absolute Gasteiger partial charge is 0.369 e. The highest BCUT2D eigenvalue weighted by atomic mass is 32.2. The fraction of sp³-hybridized carbons (Fsp3) is 0.364. The van der Waals surface area contributed by atoms with Crippen molar-refractivity contribution >= 4 is 26.4 Å². The molecule has 0 radical (unpaired) electrons. The monoisotopic (exact) mass is 395 g/mol. The van der Waals surface area contributed by atoms with Crippen molar-refractivity contribution in [2.24, 2.45) is 0 Å². The first-order valence-corrected chi connectivity index (χ1v) is 11.7. The summed E-state index contributed by atoms with van der Waals surface area (Å²) in [6.45, 7) is 3.39. The maximum absolute atomic E-state index is 11.7. The maximum Gasteiger partial charge on any atom is 0.153 e. The molecule has 0 saturated carbocycles. The van der Waals surface area contributed by atoms with Crippen LogP contribution in [0, 0.1) is 0 Å². The molecule has 1 aromatic heterocycles. The molecule has 0 unspecified atom stereocenters. The average molecular weight is 396 g/mol. The van der Waals surface area contributed by atoms with E-state index in [2.05, 4.69) is 70.7 Å². The van der Waals surface area contributed by atoms with Crippen molar-refractivity contribution in [3.63, 3.8) is 0 Å². The van der Waals surface area contributed by atoms with E-state index >= 15 is 0 Å². The third-order valence-electron chi connectivity index (χ3n) is 6.03. The number of aromatic nitrogens is 1. The Labute approximate surface area is 165 Å². The lowest BCUT2D eigenvalue weighted by Gasteiger charge is -2.31. The predicted molar refractivity (Wildman–Crippen MR) is 114 cm³/mol. The van der Waals surface area contributed by atoms with Crippen molar-refractivity contribution in [1.29, 1.82) is 0 Å². The number of sulfone groups is 1. The fourth-order valence-electron chi connectivity index (χ4n) is 4.53. The zero-order valence-electron chi connectivity index (χ0n) is 16.0. The number of anilines is 1. The minimum absolute atomic E-state index is 0.141. The van der Waals surface area contributed by atoms with Crippen LogP contribution in [-0.4, -0.2) is 44.0 Å². The molecular formula is C22H25N3O2S. The van der Waals surface area contributed by atoms with Crippen LogP contribution in [0.3, 0.4) is 0 Å². The number of para-hydroxylation sites is 1. The van der Waals surface area contributed by atoms with Crippen LogP contribution in [0.1, 0.15) is 29.8 Å². The Morgan fingerprint density at radius 1 is 1.00 bits per heavy atom. The van der Waals surface area contributed by atoms with Gasteiger partial charge in [-0.15, -0.1) is 0 Å². The van der Waals surface area contributed by atoms with Crippen LogP contribution >= 0.6 is 0 Å². The number of hydrogen-bond donors (Lipinski definition) is 2. The molecule has 6 heteroatoms. The SMILES string of the molecule is C[C@H]1Cc2c([nH]c3ccccc23)[C@H](c2ccc(N3CCS(=O)(=O)CC3)cc2)N1. The topological polar surface area (TPSA) is 65.2 Å². The second kappa shape index (κ2) is 6.64. The summed E-state index contributed by atoms with van der Waals surface area (Å²) in [4.78, 5) is 5.80. The zero-order chi connectivity index (χ0) is 19.3. The van der Waals surface area contributed by atoms with Crippen molar-refractivity contribution in [2.75, 3.05) is 29.5 Å². The quantitative estimate of drug-likeness (QED) is 0.700. The molecule has 5 rings (SSSR count). The van der Waals surface area contributed by atoms with Gasteiger partial charge in [0.15, 0.2) is 9.84 Å². The van der Waals surface area contributed by atoms with E-state index in [1.54, 1.807) is 0 Å². The van der Waals surface area contributed by atoms with Crippen LogP contribution in [0.2, 0.25) is 0 Å². The molecule has 1 saturated heterocycles. The van der Waals surface area contributed by atoms with Gasteiger partial charge < -0.3 is 15.2 Å². The van der Waals surface area contributed by atoms with Crippen molar-refractivity contribution in [3.8, 4) is 0 Å². The first-order chi connectivity index (χ1) is 13.5. The number of nitrogens with one attached hydrogen (secondary N) is 2. The summed E-state index contributed by atoms with van der Waals surface area (Å²) < 4.78 is 23.3. The average Bonchev–Trinajstić information content (AvgIpc) is 3.06. The first kappa shape index (κ1) is 17.8. The van der Waals surface area contributed by atoms with Crippen molar-refractivity contribution in [3.05, 3.63) is 65.4 Å². The molecule has 146 valence electrons. The van der Waals surface area contributed by atoms with Gasteiger partial charge in [-0.05, 0) is 42.7 Å². The van der Waals surface area contributed by atoms with E-state index in [0.29, 0.717) is 19.1 Å². The van der Waals surface area contributed by atoms with E-state index in [0.717, 1.165) is 12.1 Å². The van der Waals surface area contributed by atoms with Crippen LogP contribution in [0.15, 0.2) is 48.5 Å². The fourth-order valence-corrected chi connectivity index (χ4v) is 5.73. The number of fused-ring (bicyclic) bond motifs is 3. The Bertz CT molecular complexity index is 1100. The summed E-state index contributed by atoms with van der Waals surface area (Å²) in [6.07, 6.45) is 1.02. The Kier molecular flexibility index (Phi) is 4.21. The van der Waals surface area contributed by atoms with Crippen LogP contribution in [-0.2, 0) is 16.3 Å². The Morgan fingerprint density at radius 2 is 1.71 bits per heavy atom. The Hall–Kier alpha value is -2.31.